The van der Waals surface area contributed by atoms with Crippen molar-refractivity contribution < 1.29 is 27.2 Å². The molecular weight excluding hydrogens is 609 g/mol. The third-order valence-corrected chi connectivity index (χ3v) is 13.5. The summed E-state index contributed by atoms with van der Waals surface area (Å²) in [6, 6.07) is 20.2. The normalized spacial score (nSPS) is 17.2. The maximum absolute atomic E-state index is 14.4. The van der Waals surface area contributed by atoms with E-state index in [1.54, 1.807) is 15.8 Å². The number of likely N-dealkylation sites (N-methyl/N-ethyl adjacent to an activating group) is 1. The van der Waals surface area contributed by atoms with Gasteiger partial charge in [0.1, 0.15) is 11.9 Å². The molecule has 1 N–H and O–H groups in total. The topological polar surface area (TPSA) is 76.5 Å². The molecule has 0 saturated carbocycles. The summed E-state index contributed by atoms with van der Waals surface area (Å²) in [6.45, 7) is 13.2. The Kier molecular flexibility index (Phi) is 9.02. The van der Waals surface area contributed by atoms with Crippen molar-refractivity contribution in [2.75, 3.05) is 11.4 Å². The number of carbonyl (C=O) groups is 2. The lowest BCUT2D eigenvalue weighted by molar-refractivity contribution is -0.137. The smallest absolute Gasteiger partial charge is 0.413 e. The van der Waals surface area contributed by atoms with Crippen molar-refractivity contribution in [1.29, 1.82) is 0 Å². The molecule has 46 heavy (non-hydrogen) atoms. The first-order valence-electron chi connectivity index (χ1n) is 15.3. The van der Waals surface area contributed by atoms with Crippen LogP contribution in [0.4, 0.5) is 19.0 Å². The Balaban J connectivity index is 1.64. The average Bonchev–Trinajstić information content (AvgIpc) is 3.45. The van der Waals surface area contributed by atoms with Crippen molar-refractivity contribution in [1.82, 2.24) is 15.1 Å². The predicted molar refractivity (Wildman–Crippen MR) is 175 cm³/mol. The van der Waals surface area contributed by atoms with E-state index in [1.807, 2.05) is 61.5 Å². The summed E-state index contributed by atoms with van der Waals surface area (Å²) in [4.78, 5) is 29.6. The highest BCUT2D eigenvalue weighted by Gasteiger charge is 2.45. The molecule has 4 aromatic rings. The Morgan fingerprint density at radius 3 is 2.28 bits per heavy atom. The molecule has 2 amide bonds. The minimum absolute atomic E-state index is 0.0319. The summed E-state index contributed by atoms with van der Waals surface area (Å²) in [7, 11) is -2.16. The van der Waals surface area contributed by atoms with E-state index in [0.717, 1.165) is 28.9 Å². The quantitative estimate of drug-likeness (QED) is 0.199. The van der Waals surface area contributed by atoms with E-state index in [4.69, 9.17) is 9.52 Å². The lowest BCUT2D eigenvalue weighted by Crippen LogP contribution is -2.55. The van der Waals surface area contributed by atoms with Crippen molar-refractivity contribution in [3.8, 4) is 5.69 Å². The van der Waals surface area contributed by atoms with Gasteiger partial charge < -0.3 is 9.74 Å². The Hall–Kier alpha value is -4.22. The molecule has 0 aliphatic carbocycles. The third kappa shape index (κ3) is 6.39. The van der Waals surface area contributed by atoms with Crippen LogP contribution in [-0.4, -0.2) is 42.5 Å². The number of carbonyl (C=O) groups excluding carboxylic acids is 2. The highest BCUT2D eigenvalue weighted by atomic mass is 28.4. The van der Waals surface area contributed by atoms with Crippen LogP contribution in [0.3, 0.4) is 0 Å². The van der Waals surface area contributed by atoms with Crippen molar-refractivity contribution in [3.05, 3.63) is 113 Å². The molecular formula is C35H39F3N4O3Si. The van der Waals surface area contributed by atoms with Crippen LogP contribution in [-0.2, 0) is 22.0 Å². The molecule has 11 heteroatoms. The molecule has 5 rings (SSSR count). The summed E-state index contributed by atoms with van der Waals surface area (Å²) in [6.07, 6.45) is -2.92. The van der Waals surface area contributed by atoms with E-state index < -0.39 is 43.8 Å². The fourth-order valence-electron chi connectivity index (χ4n) is 5.50. The molecule has 0 spiro atoms. The van der Waals surface area contributed by atoms with Gasteiger partial charge in [0.2, 0.25) is 0 Å². The van der Waals surface area contributed by atoms with Gasteiger partial charge in [-0.3, -0.25) is 14.5 Å². The number of alkyl halides is 3. The zero-order valence-corrected chi connectivity index (χ0v) is 27.9. The third-order valence-electron chi connectivity index (χ3n) is 9.07. The van der Waals surface area contributed by atoms with Crippen molar-refractivity contribution in [2.45, 2.75) is 70.6 Å². The van der Waals surface area contributed by atoms with Gasteiger partial charge in [0.05, 0.1) is 24.1 Å². The van der Waals surface area contributed by atoms with Crippen LogP contribution >= 0.6 is 0 Å². The second kappa shape index (κ2) is 12.5. The lowest BCUT2D eigenvalue weighted by atomic mass is 9.80. The van der Waals surface area contributed by atoms with Crippen molar-refractivity contribution in [2.24, 2.45) is 0 Å². The second-order valence-corrected chi connectivity index (χ2v) is 17.8. The van der Waals surface area contributed by atoms with Gasteiger partial charge >= 0.3 is 6.18 Å². The Bertz CT molecular complexity index is 1730. The van der Waals surface area contributed by atoms with E-state index in [0.29, 0.717) is 18.0 Å². The zero-order chi connectivity index (χ0) is 33.4. The van der Waals surface area contributed by atoms with Gasteiger partial charge in [0.15, 0.2) is 8.32 Å². The molecule has 1 aliphatic rings. The first kappa shape index (κ1) is 33.1. The number of nitrogens with one attached hydrogen (secondary N) is 1. The van der Waals surface area contributed by atoms with Crippen molar-refractivity contribution >= 4 is 25.9 Å². The van der Waals surface area contributed by atoms with Crippen LogP contribution in [0.25, 0.3) is 5.69 Å². The van der Waals surface area contributed by atoms with Crippen LogP contribution in [0, 0.1) is 0 Å². The summed E-state index contributed by atoms with van der Waals surface area (Å²) < 4.78 is 48.8. The van der Waals surface area contributed by atoms with Crippen molar-refractivity contribution in [3.63, 3.8) is 0 Å². The Morgan fingerprint density at radius 2 is 1.63 bits per heavy atom. The van der Waals surface area contributed by atoms with E-state index in [9.17, 15) is 22.8 Å². The summed E-state index contributed by atoms with van der Waals surface area (Å²) >= 11 is 0. The molecule has 3 aromatic carbocycles. The highest BCUT2D eigenvalue weighted by Crippen LogP contribution is 2.43. The number of halogens is 3. The molecule has 2 atom stereocenters. The summed E-state index contributed by atoms with van der Waals surface area (Å²) in [5.74, 6) is -1.29. The molecule has 1 aromatic heterocycles. The SMILES string of the molecule is CCN1C(=O)[C@@H](NC(=O)c2cccc(C(F)(F)F)c2)[C@H](c2ccccc2CO[Si](C)(C)C(C)(C)C)c2cnn(-c3ccccc3)c21. The maximum Gasteiger partial charge on any atom is 0.416 e. The number of para-hydroxylation sites is 1. The van der Waals surface area contributed by atoms with Gasteiger partial charge in [-0.25, -0.2) is 4.68 Å². The van der Waals surface area contributed by atoms with Gasteiger partial charge in [0.25, 0.3) is 11.8 Å². The van der Waals surface area contributed by atoms with E-state index >= 15 is 0 Å². The number of nitrogens with zero attached hydrogens (tertiary/aromatic N) is 3. The largest absolute Gasteiger partial charge is 0.416 e. The molecule has 7 nitrogen and oxygen atoms in total. The number of hydrogen-bond donors (Lipinski definition) is 1. The van der Waals surface area contributed by atoms with Crippen LogP contribution in [0.5, 0.6) is 0 Å². The number of aromatic nitrogens is 2. The minimum atomic E-state index is -4.62. The van der Waals surface area contributed by atoms with Gasteiger partial charge in [-0.15, -0.1) is 0 Å². The minimum Gasteiger partial charge on any atom is -0.413 e. The molecule has 0 bridgehead atoms. The number of anilines is 1. The lowest BCUT2D eigenvalue weighted by Gasteiger charge is -2.39. The van der Waals surface area contributed by atoms with Crippen LogP contribution in [0.2, 0.25) is 18.1 Å². The monoisotopic (exact) mass is 648 g/mol. The van der Waals surface area contributed by atoms with Gasteiger partial charge in [-0.1, -0.05) is 69.3 Å². The number of fused-ring (bicyclic) bond motifs is 1. The summed E-state index contributed by atoms with van der Waals surface area (Å²) in [5.41, 5.74) is 1.96. The first-order valence-corrected chi connectivity index (χ1v) is 18.2. The maximum atomic E-state index is 14.4. The zero-order valence-electron chi connectivity index (χ0n) is 26.9. The van der Waals surface area contributed by atoms with Crippen LogP contribution in [0.1, 0.15) is 66.2 Å². The van der Waals surface area contributed by atoms with E-state index in [2.05, 4.69) is 39.2 Å². The fraction of sp³-hybridized carbons (Fsp3) is 0.343. The standard InChI is InChI=1S/C35H39F3N4O3Si/c1-7-41-32-28(21-39-42(32)26-17-9-8-10-18-26)29(27-19-12-11-14-24(27)22-45-46(5,6)34(2,3)4)30(33(41)44)40-31(43)23-15-13-16-25(20-23)35(36,37)38/h8-21,29-30H,7,22H2,1-6H3,(H,40,43)/t29-,30+/m1/s1. The fourth-order valence-corrected chi connectivity index (χ4v) is 6.45. The van der Waals surface area contributed by atoms with E-state index in [1.165, 1.54) is 12.1 Å². The number of amides is 2. The van der Waals surface area contributed by atoms with E-state index in [-0.39, 0.29) is 17.1 Å². The average molecular weight is 649 g/mol. The summed E-state index contributed by atoms with van der Waals surface area (Å²) in [5, 5.41) is 7.49. The highest BCUT2D eigenvalue weighted by molar-refractivity contribution is 6.74. The molecule has 0 radical (unpaired) electrons. The predicted octanol–water partition coefficient (Wildman–Crippen LogP) is 7.71. The molecule has 0 fully saturated rings. The van der Waals surface area contributed by atoms with Crippen LogP contribution in [0.15, 0.2) is 85.1 Å². The first-order chi connectivity index (χ1) is 21.6. The molecule has 1 aliphatic heterocycles. The second-order valence-electron chi connectivity index (χ2n) is 13.0. The molecule has 0 saturated heterocycles. The number of hydrogen-bond acceptors (Lipinski definition) is 4. The van der Waals surface area contributed by atoms with Gasteiger partial charge in [-0.2, -0.15) is 18.3 Å². The van der Waals surface area contributed by atoms with Gasteiger partial charge in [-0.05, 0) is 66.5 Å². The van der Waals surface area contributed by atoms with Crippen LogP contribution < -0.4 is 10.2 Å². The Morgan fingerprint density at radius 1 is 0.957 bits per heavy atom. The number of rotatable bonds is 8. The van der Waals surface area contributed by atoms with Gasteiger partial charge in [0, 0.05) is 23.6 Å². The molecule has 2 heterocycles. The number of benzene rings is 3. The molecule has 242 valence electrons. The Labute approximate surface area is 268 Å². The molecule has 0 unspecified atom stereocenters.